The molecule has 0 saturated carbocycles. The topological polar surface area (TPSA) is 52.9 Å². The van der Waals surface area contributed by atoms with Crippen LogP contribution in [0.25, 0.3) is 6.08 Å². The lowest BCUT2D eigenvalue weighted by Crippen LogP contribution is -2.32. The van der Waals surface area contributed by atoms with Crippen LogP contribution in [-0.2, 0) is 4.79 Å². The Kier molecular flexibility index (Phi) is 5.15. The lowest BCUT2D eigenvalue weighted by Gasteiger charge is -2.18. The van der Waals surface area contributed by atoms with Gasteiger partial charge in [-0.3, -0.25) is 9.69 Å². The molecule has 6 heteroatoms. The van der Waals surface area contributed by atoms with E-state index in [9.17, 15) is 9.90 Å². The fourth-order valence-corrected chi connectivity index (χ4v) is 3.40. The molecule has 0 spiro atoms. The van der Waals surface area contributed by atoms with Crippen molar-refractivity contribution in [2.45, 2.75) is 0 Å². The van der Waals surface area contributed by atoms with E-state index in [0.29, 0.717) is 17.2 Å². The number of aliphatic imine (C=N–C) groups is 1. The molecule has 4 rings (SSSR count). The maximum absolute atomic E-state index is 13.2. The van der Waals surface area contributed by atoms with Crippen molar-refractivity contribution < 1.29 is 9.90 Å². The predicted octanol–water partition coefficient (Wildman–Crippen LogP) is 5.75. The smallest absolute Gasteiger partial charge is 0.282 e. The van der Waals surface area contributed by atoms with Gasteiger partial charge < -0.3 is 5.11 Å². The fourth-order valence-electron chi connectivity index (χ4n) is 2.87. The minimum absolute atomic E-state index is 0.142. The van der Waals surface area contributed by atoms with Gasteiger partial charge in [-0.15, -0.1) is 0 Å². The van der Waals surface area contributed by atoms with Gasteiger partial charge in [0.25, 0.3) is 5.91 Å². The quantitative estimate of drug-likeness (QED) is 0.468. The normalized spacial score (nSPS) is 15.2. The number of aromatic hydroxyl groups is 1. The van der Waals surface area contributed by atoms with E-state index in [-0.39, 0.29) is 11.7 Å². The first kappa shape index (κ1) is 18.7. The third-order valence-electron chi connectivity index (χ3n) is 4.24. The third-order valence-corrected chi connectivity index (χ3v) is 5.30. The number of rotatable bonds is 3. The van der Waals surface area contributed by atoms with Crippen LogP contribution in [0, 0.1) is 0 Å². The summed E-state index contributed by atoms with van der Waals surface area (Å²) in [6.45, 7) is 0. The highest BCUT2D eigenvalue weighted by Crippen LogP contribution is 2.29. The van der Waals surface area contributed by atoms with E-state index in [1.807, 2.05) is 48.5 Å². The number of phenolic OH excluding ortho intramolecular Hbond substituents is 1. The Balaban J connectivity index is 1.81. The number of benzene rings is 3. The average Bonchev–Trinajstić information content (AvgIpc) is 3.01. The van der Waals surface area contributed by atoms with Gasteiger partial charge in [-0.25, -0.2) is 4.99 Å². The largest absolute Gasteiger partial charge is 0.508 e. The van der Waals surface area contributed by atoms with Gasteiger partial charge in [0, 0.05) is 14.5 Å². The standard InChI is InChI=1S/C22H14Br2N2O2/c23-16-5-1-14(2-6-16)13-20-22(28)26(18-9-11-19(27)12-10-18)21(25-20)15-3-7-17(24)8-4-15/h1-13,27H/b20-13+. The molecule has 0 bridgehead atoms. The molecule has 1 aliphatic rings. The summed E-state index contributed by atoms with van der Waals surface area (Å²) in [6.07, 6.45) is 1.77. The fraction of sp³-hybridized carbons (Fsp3) is 0. The Hall–Kier alpha value is -2.70. The highest BCUT2D eigenvalue weighted by atomic mass is 79.9. The van der Waals surface area contributed by atoms with E-state index in [0.717, 1.165) is 20.1 Å². The molecule has 1 amide bonds. The van der Waals surface area contributed by atoms with Gasteiger partial charge in [0.1, 0.15) is 17.3 Å². The minimum atomic E-state index is -0.216. The molecule has 0 radical (unpaired) electrons. The number of phenols is 1. The molecular weight excluding hydrogens is 484 g/mol. The Labute approximate surface area is 179 Å². The number of carbonyl (C=O) groups is 1. The SMILES string of the molecule is O=C1/C(=C\c2ccc(Br)cc2)N=C(c2ccc(Br)cc2)N1c1ccc(O)cc1. The molecule has 3 aromatic rings. The molecule has 0 unspecified atom stereocenters. The Morgan fingerprint density at radius 1 is 0.821 bits per heavy atom. The van der Waals surface area contributed by atoms with Gasteiger partial charge in [0.05, 0.1) is 5.69 Å². The van der Waals surface area contributed by atoms with Gasteiger partial charge in [-0.2, -0.15) is 0 Å². The summed E-state index contributed by atoms with van der Waals surface area (Å²) in [4.78, 5) is 19.4. The van der Waals surface area contributed by atoms with E-state index in [1.54, 1.807) is 35.2 Å². The summed E-state index contributed by atoms with van der Waals surface area (Å²) in [5, 5.41) is 9.59. The van der Waals surface area contributed by atoms with Crippen molar-refractivity contribution in [2.75, 3.05) is 4.90 Å². The number of nitrogens with zero attached hydrogens (tertiary/aromatic N) is 2. The van der Waals surface area contributed by atoms with E-state index < -0.39 is 0 Å². The van der Waals surface area contributed by atoms with Crippen LogP contribution < -0.4 is 4.90 Å². The van der Waals surface area contributed by atoms with E-state index in [4.69, 9.17) is 0 Å². The van der Waals surface area contributed by atoms with E-state index in [1.165, 1.54) is 0 Å². The maximum atomic E-state index is 13.2. The van der Waals surface area contributed by atoms with Gasteiger partial charge in [0.2, 0.25) is 0 Å². The second kappa shape index (κ2) is 7.73. The number of halogens is 2. The van der Waals surface area contributed by atoms with Crippen LogP contribution in [0.2, 0.25) is 0 Å². The number of anilines is 1. The molecule has 0 atom stereocenters. The Morgan fingerprint density at radius 2 is 1.39 bits per heavy atom. The first-order valence-electron chi connectivity index (χ1n) is 8.47. The number of hydrogen-bond donors (Lipinski definition) is 1. The molecule has 3 aromatic carbocycles. The van der Waals surface area contributed by atoms with Crippen molar-refractivity contribution in [3.05, 3.63) is 98.6 Å². The molecule has 0 aromatic heterocycles. The monoisotopic (exact) mass is 496 g/mol. The van der Waals surface area contributed by atoms with Gasteiger partial charge in [-0.1, -0.05) is 56.1 Å². The van der Waals surface area contributed by atoms with Crippen molar-refractivity contribution in [1.29, 1.82) is 0 Å². The lowest BCUT2D eigenvalue weighted by atomic mass is 10.1. The summed E-state index contributed by atoms with van der Waals surface area (Å²) in [6, 6.07) is 21.8. The summed E-state index contributed by atoms with van der Waals surface area (Å²) in [5.41, 5.74) is 2.71. The van der Waals surface area contributed by atoms with Crippen molar-refractivity contribution in [3.8, 4) is 5.75 Å². The number of carbonyl (C=O) groups excluding carboxylic acids is 1. The van der Waals surface area contributed by atoms with Crippen LogP contribution in [0.1, 0.15) is 11.1 Å². The van der Waals surface area contributed by atoms with Crippen LogP contribution in [-0.4, -0.2) is 16.8 Å². The van der Waals surface area contributed by atoms with E-state index >= 15 is 0 Å². The summed E-state index contributed by atoms with van der Waals surface area (Å²) < 4.78 is 1.92. The molecule has 138 valence electrons. The van der Waals surface area contributed by atoms with Crippen molar-refractivity contribution in [1.82, 2.24) is 0 Å². The molecule has 1 heterocycles. The molecular formula is C22H14Br2N2O2. The average molecular weight is 498 g/mol. The summed E-state index contributed by atoms with van der Waals surface area (Å²) >= 11 is 6.85. The molecule has 1 N–H and O–H groups in total. The Bertz CT molecular complexity index is 1090. The molecule has 28 heavy (non-hydrogen) atoms. The first-order chi connectivity index (χ1) is 13.5. The van der Waals surface area contributed by atoms with Gasteiger partial charge >= 0.3 is 0 Å². The second-order valence-electron chi connectivity index (χ2n) is 6.18. The molecule has 0 saturated heterocycles. The van der Waals surface area contributed by atoms with Gasteiger partial charge in [-0.05, 0) is 60.2 Å². The zero-order valence-electron chi connectivity index (χ0n) is 14.5. The number of amidine groups is 1. The summed E-state index contributed by atoms with van der Waals surface area (Å²) in [5.74, 6) is 0.473. The zero-order chi connectivity index (χ0) is 19.7. The van der Waals surface area contributed by atoms with Crippen molar-refractivity contribution in [2.24, 2.45) is 4.99 Å². The van der Waals surface area contributed by atoms with Crippen LogP contribution >= 0.6 is 31.9 Å². The zero-order valence-corrected chi connectivity index (χ0v) is 17.7. The van der Waals surface area contributed by atoms with Crippen LogP contribution in [0.5, 0.6) is 5.75 Å². The molecule has 4 nitrogen and oxygen atoms in total. The highest BCUT2D eigenvalue weighted by molar-refractivity contribution is 9.10. The number of amides is 1. The molecule has 0 aliphatic carbocycles. The van der Waals surface area contributed by atoms with Gasteiger partial charge in [0.15, 0.2) is 0 Å². The second-order valence-corrected chi connectivity index (χ2v) is 8.01. The first-order valence-corrected chi connectivity index (χ1v) is 10.1. The maximum Gasteiger partial charge on any atom is 0.282 e. The minimum Gasteiger partial charge on any atom is -0.508 e. The van der Waals surface area contributed by atoms with Crippen LogP contribution in [0.4, 0.5) is 5.69 Å². The van der Waals surface area contributed by atoms with Crippen molar-refractivity contribution in [3.63, 3.8) is 0 Å². The van der Waals surface area contributed by atoms with E-state index in [2.05, 4.69) is 36.9 Å². The third kappa shape index (κ3) is 3.79. The number of hydrogen-bond acceptors (Lipinski definition) is 3. The van der Waals surface area contributed by atoms with Crippen LogP contribution in [0.3, 0.4) is 0 Å². The Morgan fingerprint density at radius 3 is 2.00 bits per heavy atom. The molecule has 1 aliphatic heterocycles. The van der Waals surface area contributed by atoms with Crippen molar-refractivity contribution >= 4 is 55.4 Å². The summed E-state index contributed by atoms with van der Waals surface area (Å²) in [7, 11) is 0. The molecule has 0 fully saturated rings. The highest BCUT2D eigenvalue weighted by Gasteiger charge is 2.32. The lowest BCUT2D eigenvalue weighted by molar-refractivity contribution is -0.113. The van der Waals surface area contributed by atoms with Crippen LogP contribution in [0.15, 0.2) is 92.4 Å². The predicted molar refractivity (Wildman–Crippen MR) is 118 cm³/mol.